The Morgan fingerprint density at radius 3 is 2.63 bits per heavy atom. The summed E-state index contributed by atoms with van der Waals surface area (Å²) in [5.74, 6) is -0.0558. The molecule has 2 rings (SSSR count). The van der Waals surface area contributed by atoms with Crippen LogP contribution >= 0.6 is 23.2 Å². The first kappa shape index (κ1) is 14.6. The minimum Gasteiger partial charge on any atom is -0.396 e. The molecule has 1 amide bonds. The van der Waals surface area contributed by atoms with Crippen molar-refractivity contribution in [1.82, 2.24) is 4.90 Å². The minimum absolute atomic E-state index is 0.0558. The van der Waals surface area contributed by atoms with Crippen molar-refractivity contribution in [3.05, 3.63) is 33.3 Å². The SMILES string of the molecule is Cc1c(Cl)cc(C(=O)N2CCC[C@H]2CCO)cc1Cl. The summed E-state index contributed by atoms with van der Waals surface area (Å²) in [5, 5.41) is 10.1. The molecule has 1 atom stereocenters. The topological polar surface area (TPSA) is 40.5 Å². The summed E-state index contributed by atoms with van der Waals surface area (Å²) >= 11 is 12.1. The molecule has 1 fully saturated rings. The molecule has 19 heavy (non-hydrogen) atoms. The van der Waals surface area contributed by atoms with Crippen LogP contribution in [-0.4, -0.2) is 35.1 Å². The second-order valence-corrected chi connectivity index (χ2v) is 5.69. The van der Waals surface area contributed by atoms with Crippen molar-refractivity contribution in [2.45, 2.75) is 32.2 Å². The quantitative estimate of drug-likeness (QED) is 0.931. The van der Waals surface area contributed by atoms with Gasteiger partial charge in [-0.25, -0.2) is 0 Å². The normalized spacial score (nSPS) is 18.9. The fourth-order valence-electron chi connectivity index (χ4n) is 2.49. The molecule has 0 aliphatic carbocycles. The van der Waals surface area contributed by atoms with Crippen LogP contribution < -0.4 is 0 Å². The van der Waals surface area contributed by atoms with Gasteiger partial charge in [0.25, 0.3) is 5.91 Å². The summed E-state index contributed by atoms with van der Waals surface area (Å²) in [4.78, 5) is 14.3. The van der Waals surface area contributed by atoms with E-state index in [1.165, 1.54) is 0 Å². The van der Waals surface area contributed by atoms with Crippen LogP contribution in [0.3, 0.4) is 0 Å². The van der Waals surface area contributed by atoms with Crippen LogP contribution in [0.25, 0.3) is 0 Å². The van der Waals surface area contributed by atoms with Gasteiger partial charge in [0.15, 0.2) is 0 Å². The average Bonchev–Trinajstić information content (AvgIpc) is 2.83. The summed E-state index contributed by atoms with van der Waals surface area (Å²) < 4.78 is 0. The number of aliphatic hydroxyl groups is 1. The van der Waals surface area contributed by atoms with Crippen molar-refractivity contribution in [3.63, 3.8) is 0 Å². The first-order valence-electron chi connectivity index (χ1n) is 6.42. The van der Waals surface area contributed by atoms with Crippen LogP contribution in [0.2, 0.25) is 10.0 Å². The molecule has 0 saturated carbocycles. The highest BCUT2D eigenvalue weighted by Gasteiger charge is 2.29. The first-order valence-corrected chi connectivity index (χ1v) is 7.17. The van der Waals surface area contributed by atoms with Gasteiger partial charge in [0.05, 0.1) is 0 Å². The number of hydrogen-bond donors (Lipinski definition) is 1. The van der Waals surface area contributed by atoms with E-state index in [2.05, 4.69) is 0 Å². The predicted octanol–water partition coefficient (Wildman–Crippen LogP) is 3.29. The number of likely N-dealkylation sites (tertiary alicyclic amines) is 1. The molecule has 0 spiro atoms. The van der Waals surface area contributed by atoms with Crippen LogP contribution in [0.1, 0.15) is 35.2 Å². The Balaban J connectivity index is 2.24. The van der Waals surface area contributed by atoms with E-state index < -0.39 is 0 Å². The predicted molar refractivity (Wildman–Crippen MR) is 77.0 cm³/mol. The van der Waals surface area contributed by atoms with Crippen LogP contribution in [0.15, 0.2) is 12.1 Å². The molecule has 0 aromatic heterocycles. The molecule has 1 heterocycles. The third kappa shape index (κ3) is 3.04. The number of hydrogen-bond acceptors (Lipinski definition) is 2. The van der Waals surface area contributed by atoms with Gasteiger partial charge in [0.2, 0.25) is 0 Å². The van der Waals surface area contributed by atoms with Gasteiger partial charge < -0.3 is 10.0 Å². The standard InChI is InChI=1S/C14H17Cl2NO2/c1-9-12(15)7-10(8-13(9)16)14(19)17-5-2-3-11(17)4-6-18/h7-8,11,18H,2-6H2,1H3/t11-/m0/s1. The highest BCUT2D eigenvalue weighted by Crippen LogP contribution is 2.28. The highest BCUT2D eigenvalue weighted by atomic mass is 35.5. The molecule has 104 valence electrons. The highest BCUT2D eigenvalue weighted by molar-refractivity contribution is 6.36. The Bertz CT molecular complexity index is 467. The van der Waals surface area contributed by atoms with Crippen molar-refractivity contribution in [1.29, 1.82) is 0 Å². The molecular formula is C14H17Cl2NO2. The molecule has 0 radical (unpaired) electrons. The lowest BCUT2D eigenvalue weighted by molar-refractivity contribution is 0.0716. The van der Waals surface area contributed by atoms with Gasteiger partial charge in [0, 0.05) is 34.8 Å². The van der Waals surface area contributed by atoms with E-state index in [1.807, 2.05) is 11.8 Å². The fraction of sp³-hybridized carbons (Fsp3) is 0.500. The van der Waals surface area contributed by atoms with Gasteiger partial charge in [0.1, 0.15) is 0 Å². The molecular weight excluding hydrogens is 285 g/mol. The molecule has 1 saturated heterocycles. The van der Waals surface area contributed by atoms with Gasteiger partial charge in [-0.2, -0.15) is 0 Å². The molecule has 1 aromatic carbocycles. The molecule has 1 aromatic rings. The lowest BCUT2D eigenvalue weighted by Crippen LogP contribution is -2.36. The minimum atomic E-state index is -0.0558. The van der Waals surface area contributed by atoms with E-state index in [0.29, 0.717) is 22.0 Å². The Morgan fingerprint density at radius 1 is 1.42 bits per heavy atom. The van der Waals surface area contributed by atoms with E-state index in [4.69, 9.17) is 28.3 Å². The molecule has 0 bridgehead atoms. The monoisotopic (exact) mass is 301 g/mol. The van der Waals surface area contributed by atoms with E-state index in [9.17, 15) is 4.79 Å². The molecule has 1 aliphatic heterocycles. The number of aliphatic hydroxyl groups excluding tert-OH is 1. The maximum Gasteiger partial charge on any atom is 0.254 e. The third-order valence-corrected chi connectivity index (χ3v) is 4.41. The van der Waals surface area contributed by atoms with Crippen LogP contribution in [-0.2, 0) is 0 Å². The molecule has 3 nitrogen and oxygen atoms in total. The van der Waals surface area contributed by atoms with Gasteiger partial charge in [-0.3, -0.25) is 4.79 Å². The molecule has 1 N–H and O–H groups in total. The van der Waals surface area contributed by atoms with Crippen molar-refractivity contribution in [3.8, 4) is 0 Å². The van der Waals surface area contributed by atoms with Gasteiger partial charge in [-0.1, -0.05) is 23.2 Å². The van der Waals surface area contributed by atoms with Gasteiger partial charge in [-0.05, 0) is 43.9 Å². The van der Waals surface area contributed by atoms with E-state index in [1.54, 1.807) is 12.1 Å². The zero-order valence-electron chi connectivity index (χ0n) is 10.8. The van der Waals surface area contributed by atoms with Gasteiger partial charge in [-0.15, -0.1) is 0 Å². The second-order valence-electron chi connectivity index (χ2n) is 4.87. The maximum atomic E-state index is 12.5. The summed E-state index contributed by atoms with van der Waals surface area (Å²) in [7, 11) is 0. The first-order chi connectivity index (χ1) is 9.04. The summed E-state index contributed by atoms with van der Waals surface area (Å²) in [6, 6.07) is 3.45. The number of benzene rings is 1. The summed E-state index contributed by atoms with van der Waals surface area (Å²) in [6.07, 6.45) is 2.54. The van der Waals surface area contributed by atoms with Crippen LogP contribution in [0.5, 0.6) is 0 Å². The maximum absolute atomic E-state index is 12.5. The summed E-state index contributed by atoms with van der Waals surface area (Å²) in [6.45, 7) is 2.65. The van der Waals surface area contributed by atoms with Gasteiger partial charge >= 0.3 is 0 Å². The molecule has 0 unspecified atom stereocenters. The molecule has 1 aliphatic rings. The lowest BCUT2D eigenvalue weighted by Gasteiger charge is -2.24. The van der Waals surface area contributed by atoms with E-state index in [-0.39, 0.29) is 18.6 Å². The Hall–Kier alpha value is -0.770. The lowest BCUT2D eigenvalue weighted by atomic mass is 10.1. The number of halogens is 2. The van der Waals surface area contributed by atoms with Crippen LogP contribution in [0, 0.1) is 6.92 Å². The second kappa shape index (κ2) is 6.12. The largest absolute Gasteiger partial charge is 0.396 e. The number of carbonyl (C=O) groups excluding carboxylic acids is 1. The van der Waals surface area contributed by atoms with E-state index >= 15 is 0 Å². The average molecular weight is 302 g/mol. The van der Waals surface area contributed by atoms with Crippen molar-refractivity contribution in [2.75, 3.05) is 13.2 Å². The Morgan fingerprint density at radius 2 is 2.05 bits per heavy atom. The zero-order chi connectivity index (χ0) is 14.0. The summed E-state index contributed by atoms with van der Waals surface area (Å²) in [5.41, 5.74) is 1.30. The van der Waals surface area contributed by atoms with Crippen molar-refractivity contribution >= 4 is 29.1 Å². The number of nitrogens with zero attached hydrogens (tertiary/aromatic N) is 1. The Labute approximate surface area is 123 Å². The number of rotatable bonds is 3. The fourth-order valence-corrected chi connectivity index (χ4v) is 2.97. The van der Waals surface area contributed by atoms with Crippen LogP contribution in [0.4, 0.5) is 0 Å². The smallest absolute Gasteiger partial charge is 0.254 e. The number of carbonyl (C=O) groups is 1. The zero-order valence-corrected chi connectivity index (χ0v) is 12.3. The molecule has 5 heteroatoms. The van der Waals surface area contributed by atoms with Crippen molar-refractivity contribution in [2.24, 2.45) is 0 Å². The number of amides is 1. The van der Waals surface area contributed by atoms with E-state index in [0.717, 1.165) is 24.9 Å². The Kier molecular flexibility index (Phi) is 4.71. The van der Waals surface area contributed by atoms with Crippen molar-refractivity contribution < 1.29 is 9.90 Å². The third-order valence-electron chi connectivity index (χ3n) is 3.63.